The van der Waals surface area contributed by atoms with E-state index in [0.29, 0.717) is 36.9 Å². The molecule has 6 atom stereocenters. The van der Waals surface area contributed by atoms with Gasteiger partial charge >= 0.3 is 0 Å². The van der Waals surface area contributed by atoms with E-state index >= 15 is 0 Å². The molecule has 3 nitrogen and oxygen atoms in total. The topological polar surface area (TPSA) is 46.5 Å². The largest absolute Gasteiger partial charge is 0.390 e. The molecule has 0 aromatic rings. The minimum absolute atomic E-state index is 0.0524. The van der Waals surface area contributed by atoms with Crippen LogP contribution in [0.2, 0.25) is 0 Å². The zero-order valence-electron chi connectivity index (χ0n) is 11.3. The van der Waals surface area contributed by atoms with E-state index in [-0.39, 0.29) is 17.4 Å². The van der Waals surface area contributed by atoms with Crippen LogP contribution in [-0.4, -0.2) is 30.2 Å². The maximum absolute atomic E-state index is 12.2. The molecule has 0 radical (unpaired) electrons. The highest BCUT2D eigenvalue weighted by Crippen LogP contribution is 2.53. The molecular weight excluding hydrogens is 216 g/mol. The lowest BCUT2D eigenvalue weighted by Crippen LogP contribution is -2.55. The number of fused-ring (bicyclic) bond motifs is 1. The summed E-state index contributed by atoms with van der Waals surface area (Å²) < 4.78 is 5.31. The molecule has 2 aliphatic carbocycles. The maximum atomic E-state index is 12.2. The van der Waals surface area contributed by atoms with Gasteiger partial charge in [-0.2, -0.15) is 0 Å². The van der Waals surface area contributed by atoms with Crippen LogP contribution in [0.25, 0.3) is 0 Å². The minimum atomic E-state index is -0.429. The minimum Gasteiger partial charge on any atom is -0.390 e. The van der Waals surface area contributed by atoms with Gasteiger partial charge in [-0.3, -0.25) is 4.79 Å². The van der Waals surface area contributed by atoms with Crippen molar-refractivity contribution in [2.45, 2.75) is 52.2 Å². The first-order chi connectivity index (χ1) is 7.90. The Labute approximate surface area is 104 Å². The van der Waals surface area contributed by atoms with Gasteiger partial charge in [0.1, 0.15) is 5.78 Å². The Morgan fingerprint density at radius 3 is 2.65 bits per heavy atom. The Morgan fingerprint density at radius 1 is 1.41 bits per heavy atom. The quantitative estimate of drug-likeness (QED) is 0.762. The van der Waals surface area contributed by atoms with Gasteiger partial charge in [0.2, 0.25) is 0 Å². The number of ether oxygens (including phenoxy) is 1. The van der Waals surface area contributed by atoms with E-state index < -0.39 is 6.10 Å². The molecule has 6 unspecified atom stereocenters. The summed E-state index contributed by atoms with van der Waals surface area (Å²) in [5.41, 5.74) is -0.0524. The Kier molecular flexibility index (Phi) is 3.34. The van der Waals surface area contributed by atoms with E-state index in [1.54, 1.807) is 7.11 Å². The lowest BCUT2D eigenvalue weighted by molar-refractivity contribution is -0.158. The summed E-state index contributed by atoms with van der Waals surface area (Å²) in [4.78, 5) is 12.2. The van der Waals surface area contributed by atoms with Gasteiger partial charge in [-0.15, -0.1) is 0 Å². The molecule has 0 amide bonds. The molecule has 0 bridgehead atoms. The number of carbonyl (C=O) groups is 1. The Balaban J connectivity index is 2.28. The Morgan fingerprint density at radius 2 is 2.06 bits per heavy atom. The van der Waals surface area contributed by atoms with Crippen molar-refractivity contribution in [1.82, 2.24) is 0 Å². The van der Waals surface area contributed by atoms with Gasteiger partial charge in [0.15, 0.2) is 0 Å². The summed E-state index contributed by atoms with van der Waals surface area (Å²) in [6, 6.07) is 0. The number of aliphatic hydroxyl groups excluding tert-OH is 1. The lowest BCUT2D eigenvalue weighted by Gasteiger charge is -2.53. The predicted molar refractivity (Wildman–Crippen MR) is 65.6 cm³/mol. The predicted octanol–water partition coefficient (Wildman–Crippen LogP) is 2.02. The zero-order valence-corrected chi connectivity index (χ0v) is 11.3. The summed E-state index contributed by atoms with van der Waals surface area (Å²) in [6.45, 7) is 6.55. The van der Waals surface area contributed by atoms with Crippen LogP contribution in [0.5, 0.6) is 0 Å². The van der Waals surface area contributed by atoms with Crippen molar-refractivity contribution in [2.24, 2.45) is 23.2 Å². The SMILES string of the molecule is COC1CC2C(=O)CC(C)C(C)C2(C)CC1O. The summed E-state index contributed by atoms with van der Waals surface area (Å²) in [5.74, 6) is 1.35. The summed E-state index contributed by atoms with van der Waals surface area (Å²) in [5, 5.41) is 10.1. The standard InChI is InChI=1S/C14H24O3/c1-8-5-11(15)10-6-13(17-4)12(16)7-14(10,3)9(8)2/h8-10,12-13,16H,5-7H2,1-4H3. The monoisotopic (exact) mass is 240 g/mol. The molecule has 0 aromatic carbocycles. The second-order valence-electron chi connectivity index (χ2n) is 6.28. The highest BCUT2D eigenvalue weighted by atomic mass is 16.5. The van der Waals surface area contributed by atoms with E-state index in [0.717, 1.165) is 0 Å². The van der Waals surface area contributed by atoms with Gasteiger partial charge in [-0.05, 0) is 30.1 Å². The average Bonchev–Trinajstić information content (AvgIpc) is 2.26. The first kappa shape index (κ1) is 13.0. The first-order valence-electron chi connectivity index (χ1n) is 6.63. The molecule has 17 heavy (non-hydrogen) atoms. The number of methoxy groups -OCH3 is 1. The number of rotatable bonds is 1. The fraction of sp³-hybridized carbons (Fsp3) is 0.929. The molecule has 98 valence electrons. The van der Waals surface area contributed by atoms with Crippen LogP contribution >= 0.6 is 0 Å². The maximum Gasteiger partial charge on any atom is 0.136 e. The zero-order chi connectivity index (χ0) is 12.8. The fourth-order valence-electron chi connectivity index (χ4n) is 3.93. The molecule has 0 aliphatic heterocycles. The number of hydrogen-bond donors (Lipinski definition) is 1. The molecule has 0 saturated heterocycles. The van der Waals surface area contributed by atoms with Crippen molar-refractivity contribution < 1.29 is 14.6 Å². The third-order valence-corrected chi connectivity index (χ3v) is 5.45. The molecule has 1 N–H and O–H groups in total. The van der Waals surface area contributed by atoms with Crippen LogP contribution in [0.1, 0.15) is 40.0 Å². The summed E-state index contributed by atoms with van der Waals surface area (Å²) in [7, 11) is 1.62. The molecule has 2 rings (SSSR count). The van der Waals surface area contributed by atoms with E-state index in [1.807, 2.05) is 0 Å². The summed E-state index contributed by atoms with van der Waals surface area (Å²) >= 11 is 0. The van der Waals surface area contributed by atoms with Gasteiger partial charge in [-0.1, -0.05) is 20.8 Å². The van der Waals surface area contributed by atoms with Crippen LogP contribution in [-0.2, 0) is 9.53 Å². The Bertz CT molecular complexity index is 315. The van der Waals surface area contributed by atoms with Crippen molar-refractivity contribution in [3.05, 3.63) is 0 Å². The van der Waals surface area contributed by atoms with Gasteiger partial charge in [0.25, 0.3) is 0 Å². The molecule has 2 fully saturated rings. The smallest absolute Gasteiger partial charge is 0.136 e. The molecule has 0 heterocycles. The van der Waals surface area contributed by atoms with Crippen LogP contribution in [0.15, 0.2) is 0 Å². The van der Waals surface area contributed by atoms with Crippen LogP contribution in [0, 0.1) is 23.2 Å². The van der Waals surface area contributed by atoms with Crippen molar-refractivity contribution in [3.63, 3.8) is 0 Å². The van der Waals surface area contributed by atoms with Gasteiger partial charge < -0.3 is 9.84 Å². The fourth-order valence-corrected chi connectivity index (χ4v) is 3.93. The second-order valence-corrected chi connectivity index (χ2v) is 6.28. The second kappa shape index (κ2) is 4.36. The number of Topliss-reactive ketones (excluding diaryl/α,β-unsaturated/α-hetero) is 1. The molecule has 2 saturated carbocycles. The van der Waals surface area contributed by atoms with Crippen LogP contribution in [0.3, 0.4) is 0 Å². The lowest BCUT2D eigenvalue weighted by atomic mass is 9.52. The van der Waals surface area contributed by atoms with Crippen molar-refractivity contribution in [2.75, 3.05) is 7.11 Å². The van der Waals surface area contributed by atoms with Crippen molar-refractivity contribution >= 4 is 5.78 Å². The third kappa shape index (κ3) is 1.93. The number of ketones is 1. The average molecular weight is 240 g/mol. The normalized spacial score (nSPS) is 51.1. The Hall–Kier alpha value is -0.410. The summed E-state index contributed by atoms with van der Waals surface area (Å²) in [6.07, 6.45) is 1.46. The van der Waals surface area contributed by atoms with Crippen molar-refractivity contribution in [1.29, 1.82) is 0 Å². The highest BCUT2D eigenvalue weighted by Gasteiger charge is 2.54. The molecule has 0 aromatic heterocycles. The molecule has 0 spiro atoms. The molecule has 2 aliphatic rings. The van der Waals surface area contributed by atoms with E-state index in [9.17, 15) is 9.90 Å². The molecule has 3 heteroatoms. The van der Waals surface area contributed by atoms with Gasteiger partial charge in [0.05, 0.1) is 12.2 Å². The van der Waals surface area contributed by atoms with Crippen molar-refractivity contribution in [3.8, 4) is 0 Å². The first-order valence-corrected chi connectivity index (χ1v) is 6.63. The van der Waals surface area contributed by atoms with Gasteiger partial charge in [0, 0.05) is 19.4 Å². The number of hydrogen-bond acceptors (Lipinski definition) is 3. The molecular formula is C14H24O3. The van der Waals surface area contributed by atoms with Gasteiger partial charge in [-0.25, -0.2) is 0 Å². The van der Waals surface area contributed by atoms with E-state index in [4.69, 9.17) is 4.74 Å². The number of carbonyl (C=O) groups excluding carboxylic acids is 1. The number of aliphatic hydroxyl groups is 1. The van der Waals surface area contributed by atoms with Crippen LogP contribution in [0.4, 0.5) is 0 Å². The highest BCUT2D eigenvalue weighted by molar-refractivity contribution is 5.83. The van der Waals surface area contributed by atoms with Crippen LogP contribution < -0.4 is 0 Å². The van der Waals surface area contributed by atoms with E-state index in [1.165, 1.54) is 0 Å². The third-order valence-electron chi connectivity index (χ3n) is 5.45. The van der Waals surface area contributed by atoms with E-state index in [2.05, 4.69) is 20.8 Å².